The van der Waals surface area contributed by atoms with Crippen LogP contribution in [0.1, 0.15) is 5.56 Å². The van der Waals surface area contributed by atoms with Gasteiger partial charge in [-0.15, -0.1) is 0 Å². The second-order valence-corrected chi connectivity index (χ2v) is 4.87. The molecule has 2 aromatic rings. The van der Waals surface area contributed by atoms with Gasteiger partial charge in [0, 0.05) is 11.8 Å². The van der Waals surface area contributed by atoms with Gasteiger partial charge in [0.1, 0.15) is 17.1 Å². The fraction of sp³-hybridized carbons (Fsp3) is 0.455. The van der Waals surface area contributed by atoms with Crippen molar-refractivity contribution < 1.29 is 24.1 Å². The van der Waals surface area contributed by atoms with Crippen molar-refractivity contribution in [2.24, 2.45) is 0 Å². The molecule has 8 nitrogen and oxygen atoms in total. The molecule has 1 unspecified atom stereocenters. The number of nitrogens with one attached hydrogen (secondary N) is 3. The lowest BCUT2D eigenvalue weighted by Crippen LogP contribution is -2.51. The number of rotatable bonds is 2. The monoisotopic (exact) mass is 302 g/mol. The molecule has 1 aliphatic rings. The Morgan fingerprint density at radius 1 is 1.38 bits per heavy atom. The highest BCUT2D eigenvalue weighted by atomic mass is 19.3. The van der Waals surface area contributed by atoms with Gasteiger partial charge in [0.2, 0.25) is 5.72 Å². The predicted molar refractivity (Wildman–Crippen MR) is 65.6 cm³/mol. The van der Waals surface area contributed by atoms with E-state index in [0.717, 1.165) is 12.5 Å². The van der Waals surface area contributed by atoms with Crippen molar-refractivity contribution in [1.29, 1.82) is 0 Å². The molecule has 114 valence electrons. The number of nitrogens with zero attached hydrogens (tertiary/aromatic N) is 1. The molecule has 10 heteroatoms. The Hall–Kier alpha value is -1.88. The lowest BCUT2D eigenvalue weighted by Gasteiger charge is -2.29. The van der Waals surface area contributed by atoms with E-state index in [9.17, 15) is 23.8 Å². The predicted octanol–water partition coefficient (Wildman–Crippen LogP) is -1.64. The summed E-state index contributed by atoms with van der Waals surface area (Å²) in [5.41, 5.74) is -4.17. The summed E-state index contributed by atoms with van der Waals surface area (Å²) in [6, 6.07) is -1.42. The molecule has 0 saturated carbocycles. The van der Waals surface area contributed by atoms with E-state index in [2.05, 4.69) is 20.3 Å². The van der Waals surface area contributed by atoms with Gasteiger partial charge in [-0.05, 0) is 0 Å². The fourth-order valence-electron chi connectivity index (χ4n) is 2.54. The first-order valence-corrected chi connectivity index (χ1v) is 6.05. The molecule has 0 radical (unpaired) electrons. The fourth-order valence-corrected chi connectivity index (χ4v) is 2.54. The molecule has 1 aliphatic heterocycles. The summed E-state index contributed by atoms with van der Waals surface area (Å²) in [7, 11) is 0. The van der Waals surface area contributed by atoms with Crippen LogP contribution in [0.25, 0.3) is 11.0 Å². The number of hydrogen-bond donors (Lipinski definition) is 6. The van der Waals surface area contributed by atoms with Crippen LogP contribution in [0.5, 0.6) is 0 Å². The van der Waals surface area contributed by atoms with E-state index in [0.29, 0.717) is 0 Å². The number of aromatic nitrogens is 3. The standard InChI is InChI=1S/C11H12F2N4O4/c12-10(13)8(19)5(2-18)17-11(10,21)4-1-14-7-6(4)15-3-16-9(7)20/h1,3,5,8,14,17-19,21H,2H2,(H,15,16,20)/t5?,8-,11+/m1/s1. The molecule has 0 aromatic carbocycles. The third-order valence-corrected chi connectivity index (χ3v) is 3.68. The first-order valence-electron chi connectivity index (χ1n) is 6.05. The van der Waals surface area contributed by atoms with Gasteiger partial charge < -0.3 is 25.3 Å². The number of aliphatic hydroxyl groups excluding tert-OH is 2. The minimum Gasteiger partial charge on any atom is -0.395 e. The molecule has 1 fully saturated rings. The van der Waals surface area contributed by atoms with Crippen LogP contribution >= 0.6 is 0 Å². The molecule has 3 heterocycles. The molecule has 0 bridgehead atoms. The molecule has 0 spiro atoms. The van der Waals surface area contributed by atoms with Crippen LogP contribution in [0.3, 0.4) is 0 Å². The van der Waals surface area contributed by atoms with Gasteiger partial charge in [-0.25, -0.2) is 4.98 Å². The number of halogens is 2. The first-order chi connectivity index (χ1) is 9.83. The van der Waals surface area contributed by atoms with Crippen molar-refractivity contribution in [3.05, 3.63) is 28.4 Å². The number of alkyl halides is 2. The van der Waals surface area contributed by atoms with Gasteiger partial charge in [0.25, 0.3) is 5.56 Å². The van der Waals surface area contributed by atoms with Gasteiger partial charge in [-0.3, -0.25) is 10.1 Å². The van der Waals surface area contributed by atoms with E-state index < -0.39 is 36.0 Å². The molecule has 2 aromatic heterocycles. The van der Waals surface area contributed by atoms with Crippen LogP contribution in [-0.2, 0) is 5.72 Å². The molecule has 3 rings (SSSR count). The Morgan fingerprint density at radius 2 is 2.10 bits per heavy atom. The second-order valence-electron chi connectivity index (χ2n) is 4.87. The highest BCUT2D eigenvalue weighted by molar-refractivity contribution is 5.79. The van der Waals surface area contributed by atoms with Crippen molar-refractivity contribution in [3.8, 4) is 0 Å². The van der Waals surface area contributed by atoms with Gasteiger partial charge in [0.15, 0.2) is 0 Å². The average Bonchev–Trinajstić information content (AvgIpc) is 2.95. The maximum absolute atomic E-state index is 14.2. The van der Waals surface area contributed by atoms with Crippen molar-refractivity contribution in [2.45, 2.75) is 23.8 Å². The van der Waals surface area contributed by atoms with Crippen LogP contribution in [0, 0.1) is 0 Å². The van der Waals surface area contributed by atoms with Crippen molar-refractivity contribution in [3.63, 3.8) is 0 Å². The third-order valence-electron chi connectivity index (χ3n) is 3.68. The summed E-state index contributed by atoms with van der Waals surface area (Å²) in [5, 5.41) is 31.0. The highest BCUT2D eigenvalue weighted by Crippen LogP contribution is 2.45. The Morgan fingerprint density at radius 3 is 2.71 bits per heavy atom. The normalized spacial score (nSPS) is 31.9. The number of H-pyrrole nitrogens is 2. The van der Waals surface area contributed by atoms with Crippen LogP contribution in [0.4, 0.5) is 8.78 Å². The lowest BCUT2D eigenvalue weighted by molar-refractivity contribution is -0.210. The Kier molecular flexibility index (Phi) is 2.89. The third kappa shape index (κ3) is 1.67. The van der Waals surface area contributed by atoms with Crippen molar-refractivity contribution >= 4 is 11.0 Å². The zero-order chi connectivity index (χ0) is 15.4. The van der Waals surface area contributed by atoms with E-state index in [4.69, 9.17) is 5.11 Å². The van der Waals surface area contributed by atoms with Gasteiger partial charge >= 0.3 is 5.92 Å². The zero-order valence-corrected chi connectivity index (χ0v) is 10.5. The van der Waals surface area contributed by atoms with Gasteiger partial charge in [-0.1, -0.05) is 0 Å². The van der Waals surface area contributed by atoms with Crippen LogP contribution in [0.15, 0.2) is 17.3 Å². The summed E-state index contributed by atoms with van der Waals surface area (Å²) in [6.07, 6.45) is -0.266. The number of fused-ring (bicyclic) bond motifs is 1. The van der Waals surface area contributed by atoms with E-state index in [-0.39, 0.29) is 16.6 Å². The Bertz CT molecular complexity index is 745. The smallest absolute Gasteiger partial charge is 0.320 e. The summed E-state index contributed by atoms with van der Waals surface area (Å²) in [5.74, 6) is -3.99. The summed E-state index contributed by atoms with van der Waals surface area (Å²) in [4.78, 5) is 20.0. The molecule has 1 saturated heterocycles. The first kappa shape index (κ1) is 14.1. The summed E-state index contributed by atoms with van der Waals surface area (Å²) < 4.78 is 28.4. The minimum atomic E-state index is -3.99. The van der Waals surface area contributed by atoms with Crippen molar-refractivity contribution in [2.75, 3.05) is 6.61 Å². The lowest BCUT2D eigenvalue weighted by atomic mass is 9.97. The minimum absolute atomic E-state index is 0.0829. The Labute approximate surface area is 115 Å². The molecular weight excluding hydrogens is 290 g/mol. The molecule has 21 heavy (non-hydrogen) atoms. The van der Waals surface area contributed by atoms with Crippen molar-refractivity contribution in [1.82, 2.24) is 20.3 Å². The highest BCUT2D eigenvalue weighted by Gasteiger charge is 2.67. The summed E-state index contributed by atoms with van der Waals surface area (Å²) in [6.45, 7) is -0.796. The zero-order valence-electron chi connectivity index (χ0n) is 10.5. The van der Waals surface area contributed by atoms with E-state index >= 15 is 0 Å². The quantitative estimate of drug-likeness (QED) is 0.394. The molecule has 0 aliphatic carbocycles. The molecule has 3 atom stereocenters. The SMILES string of the molecule is O=c1[nH]cnc2c([C@@]3(O)NC(CO)[C@@H](O)C3(F)F)c[nH]c12. The number of hydrogen-bond acceptors (Lipinski definition) is 6. The van der Waals surface area contributed by atoms with Crippen LogP contribution in [-0.4, -0.2) is 54.9 Å². The van der Waals surface area contributed by atoms with E-state index in [1.165, 1.54) is 0 Å². The van der Waals surface area contributed by atoms with Crippen LogP contribution < -0.4 is 10.9 Å². The average molecular weight is 302 g/mol. The van der Waals surface area contributed by atoms with E-state index in [1.54, 1.807) is 0 Å². The summed E-state index contributed by atoms with van der Waals surface area (Å²) >= 11 is 0. The number of aromatic amines is 2. The van der Waals surface area contributed by atoms with Gasteiger partial charge in [-0.2, -0.15) is 8.78 Å². The van der Waals surface area contributed by atoms with E-state index in [1.807, 2.05) is 0 Å². The van der Waals surface area contributed by atoms with Gasteiger partial charge in [0.05, 0.1) is 19.0 Å². The number of aliphatic hydroxyl groups is 3. The molecular formula is C11H12F2N4O4. The Balaban J connectivity index is 2.22. The van der Waals surface area contributed by atoms with Crippen LogP contribution in [0.2, 0.25) is 0 Å². The topological polar surface area (TPSA) is 134 Å². The molecule has 0 amide bonds. The molecule has 6 N–H and O–H groups in total. The second kappa shape index (κ2) is 4.31. The maximum Gasteiger partial charge on any atom is 0.320 e. The largest absolute Gasteiger partial charge is 0.395 e. The maximum atomic E-state index is 14.2.